The van der Waals surface area contributed by atoms with E-state index in [9.17, 15) is 17.2 Å². The van der Waals surface area contributed by atoms with Crippen molar-refractivity contribution in [2.45, 2.75) is 10.8 Å². The van der Waals surface area contributed by atoms with Crippen molar-refractivity contribution in [3.05, 3.63) is 49.7 Å². The summed E-state index contributed by atoms with van der Waals surface area (Å²) in [6, 6.07) is 4.31. The maximum Gasteiger partial charge on any atom is 0.250 e. The molecule has 20 heavy (non-hydrogen) atoms. The molecule has 0 radical (unpaired) electrons. The maximum atomic E-state index is 13.4. The first-order valence-corrected chi connectivity index (χ1v) is 9.06. The van der Waals surface area contributed by atoms with Gasteiger partial charge < -0.3 is 0 Å². The van der Waals surface area contributed by atoms with Crippen LogP contribution in [0.15, 0.2) is 36.7 Å². The average Bonchev–Trinajstić information content (AvgIpc) is 2.72. The summed E-state index contributed by atoms with van der Waals surface area (Å²) in [7, 11) is -3.77. The van der Waals surface area contributed by atoms with Crippen LogP contribution in [0.1, 0.15) is 5.56 Å². The Morgan fingerprint density at radius 2 is 1.90 bits per heavy atom. The molecule has 0 amide bonds. The molecule has 108 valence electrons. The smallest absolute Gasteiger partial charge is 0.207 e. The van der Waals surface area contributed by atoms with Crippen molar-refractivity contribution < 1.29 is 17.2 Å². The highest BCUT2D eigenvalue weighted by Crippen LogP contribution is 2.34. The molecule has 0 saturated carbocycles. The summed E-state index contributed by atoms with van der Waals surface area (Å²) < 4.78 is 54.0. The van der Waals surface area contributed by atoms with Gasteiger partial charge >= 0.3 is 0 Å². The van der Waals surface area contributed by atoms with Crippen LogP contribution < -0.4 is 4.72 Å². The molecule has 0 aliphatic carbocycles. The van der Waals surface area contributed by atoms with E-state index in [1.807, 2.05) is 0 Å². The summed E-state index contributed by atoms with van der Waals surface area (Å²) in [5.74, 6) is -1.29. The molecule has 9 heteroatoms. The second-order valence-corrected chi connectivity index (χ2v) is 8.97. The molecule has 1 heterocycles. The number of rotatable bonds is 4. The molecule has 3 nitrogen and oxygen atoms in total. The first kappa shape index (κ1) is 16.0. The zero-order chi connectivity index (χ0) is 14.9. The third-order valence-electron chi connectivity index (χ3n) is 2.35. The van der Waals surface area contributed by atoms with Gasteiger partial charge in [0.15, 0.2) is 0 Å². The van der Waals surface area contributed by atoms with Crippen LogP contribution in [-0.2, 0) is 16.6 Å². The average molecular weight is 447 g/mol. The first-order chi connectivity index (χ1) is 9.29. The molecule has 1 N–H and O–H groups in total. The molecule has 2 rings (SSSR count). The van der Waals surface area contributed by atoms with Gasteiger partial charge in [0.25, 0.3) is 0 Å². The number of hydrogen-bond donors (Lipinski definition) is 1. The Hall–Kier alpha value is -0.350. The lowest BCUT2D eigenvalue weighted by molar-refractivity contribution is 0.568. The number of sulfonamides is 1. The lowest BCUT2D eigenvalue weighted by Crippen LogP contribution is -2.23. The van der Waals surface area contributed by atoms with Crippen LogP contribution >= 0.6 is 43.2 Å². The van der Waals surface area contributed by atoms with Crippen molar-refractivity contribution in [2.24, 2.45) is 0 Å². The first-order valence-electron chi connectivity index (χ1n) is 5.18. The van der Waals surface area contributed by atoms with Gasteiger partial charge in [-0.15, -0.1) is 11.3 Å². The molecular formula is C11H7Br2F2NO2S2. The molecule has 0 atom stereocenters. The molecule has 0 aliphatic heterocycles. The van der Waals surface area contributed by atoms with Gasteiger partial charge in [0.2, 0.25) is 10.0 Å². The quantitative estimate of drug-likeness (QED) is 0.770. The molecule has 1 aromatic heterocycles. The number of thiophene rings is 1. The largest absolute Gasteiger partial charge is 0.250 e. The highest BCUT2D eigenvalue weighted by molar-refractivity contribution is 9.13. The Morgan fingerprint density at radius 3 is 2.50 bits per heavy atom. The summed E-state index contributed by atoms with van der Waals surface area (Å²) in [6.07, 6.45) is 0. The van der Waals surface area contributed by atoms with Gasteiger partial charge in [0.05, 0.1) is 3.79 Å². The fourth-order valence-corrected chi connectivity index (χ4v) is 5.25. The molecule has 2 aromatic rings. The molecule has 0 bridgehead atoms. The summed E-state index contributed by atoms with van der Waals surface area (Å²) in [5, 5.41) is 0. The van der Waals surface area contributed by atoms with E-state index in [0.29, 0.717) is 8.26 Å². The van der Waals surface area contributed by atoms with Gasteiger partial charge in [-0.25, -0.2) is 21.9 Å². The van der Waals surface area contributed by atoms with E-state index in [2.05, 4.69) is 36.6 Å². The molecule has 0 spiro atoms. The van der Waals surface area contributed by atoms with Crippen LogP contribution in [0.25, 0.3) is 0 Å². The third kappa shape index (κ3) is 3.64. The van der Waals surface area contributed by atoms with Crippen molar-refractivity contribution in [3.8, 4) is 0 Å². The third-order valence-corrected chi connectivity index (χ3v) is 7.48. The zero-order valence-electron chi connectivity index (χ0n) is 9.66. The van der Waals surface area contributed by atoms with Crippen molar-refractivity contribution in [3.63, 3.8) is 0 Å². The highest BCUT2D eigenvalue weighted by Gasteiger charge is 2.19. The lowest BCUT2D eigenvalue weighted by atomic mass is 10.2. The van der Waals surface area contributed by atoms with Crippen molar-refractivity contribution in [2.75, 3.05) is 0 Å². The standard InChI is InChI=1S/C11H7Br2F2NO2S2/c12-8-4-10(19-11(8)13)20(17,18)16-5-6-3-7(14)1-2-9(6)15/h1-4,16H,5H2. The summed E-state index contributed by atoms with van der Waals surface area (Å²) in [4.78, 5) is 0. The normalized spacial score (nSPS) is 11.8. The van der Waals surface area contributed by atoms with Crippen molar-refractivity contribution in [1.29, 1.82) is 0 Å². The van der Waals surface area contributed by atoms with E-state index in [-0.39, 0.29) is 16.3 Å². The molecule has 0 unspecified atom stereocenters. The van der Waals surface area contributed by atoms with E-state index in [4.69, 9.17) is 0 Å². The maximum absolute atomic E-state index is 13.4. The lowest BCUT2D eigenvalue weighted by Gasteiger charge is -2.06. The monoisotopic (exact) mass is 445 g/mol. The minimum Gasteiger partial charge on any atom is -0.207 e. The molecule has 0 fully saturated rings. The summed E-state index contributed by atoms with van der Waals surface area (Å²) in [6.45, 7) is -0.320. The Balaban J connectivity index is 2.19. The van der Waals surface area contributed by atoms with Crippen LogP contribution in [0.3, 0.4) is 0 Å². The van der Waals surface area contributed by atoms with E-state index in [1.54, 1.807) is 0 Å². The van der Waals surface area contributed by atoms with Crippen LogP contribution in [-0.4, -0.2) is 8.42 Å². The van der Waals surface area contributed by atoms with Crippen LogP contribution in [0.2, 0.25) is 0 Å². The van der Waals surface area contributed by atoms with Crippen LogP contribution in [0.5, 0.6) is 0 Å². The number of benzene rings is 1. The Labute approximate surface area is 135 Å². The Bertz CT molecular complexity index is 727. The second kappa shape index (κ2) is 6.18. The zero-order valence-corrected chi connectivity index (χ0v) is 14.5. The van der Waals surface area contributed by atoms with Gasteiger partial charge in [0.1, 0.15) is 15.8 Å². The highest BCUT2D eigenvalue weighted by atomic mass is 79.9. The number of nitrogens with one attached hydrogen (secondary N) is 1. The SMILES string of the molecule is O=S(=O)(NCc1cc(F)ccc1F)c1cc(Br)c(Br)s1. The van der Waals surface area contributed by atoms with Crippen molar-refractivity contribution in [1.82, 2.24) is 4.72 Å². The van der Waals surface area contributed by atoms with Crippen LogP contribution in [0, 0.1) is 11.6 Å². The Kier molecular flexibility index (Phi) is 4.96. The topological polar surface area (TPSA) is 46.2 Å². The van der Waals surface area contributed by atoms with Gasteiger partial charge in [-0.3, -0.25) is 0 Å². The van der Waals surface area contributed by atoms with Gasteiger partial charge in [-0.1, -0.05) is 0 Å². The van der Waals surface area contributed by atoms with E-state index in [0.717, 1.165) is 29.5 Å². The number of hydrogen-bond acceptors (Lipinski definition) is 3. The second-order valence-electron chi connectivity index (χ2n) is 3.75. The Morgan fingerprint density at radius 1 is 1.20 bits per heavy atom. The van der Waals surface area contributed by atoms with E-state index in [1.165, 1.54) is 6.07 Å². The fourth-order valence-electron chi connectivity index (χ4n) is 1.38. The van der Waals surface area contributed by atoms with Gasteiger partial charge in [0, 0.05) is 16.6 Å². The van der Waals surface area contributed by atoms with E-state index < -0.39 is 21.7 Å². The van der Waals surface area contributed by atoms with Gasteiger partial charge in [-0.2, -0.15) is 0 Å². The fraction of sp³-hybridized carbons (Fsp3) is 0.0909. The number of halogens is 4. The van der Waals surface area contributed by atoms with Gasteiger partial charge in [-0.05, 0) is 56.1 Å². The van der Waals surface area contributed by atoms with Crippen molar-refractivity contribution >= 4 is 53.2 Å². The molecule has 0 saturated heterocycles. The molecule has 0 aliphatic rings. The van der Waals surface area contributed by atoms with E-state index >= 15 is 0 Å². The predicted molar refractivity (Wildman–Crippen MR) is 80.1 cm³/mol. The molecule has 1 aromatic carbocycles. The molecular weight excluding hydrogens is 440 g/mol. The summed E-state index contributed by atoms with van der Waals surface area (Å²) >= 11 is 7.40. The predicted octanol–water partition coefficient (Wildman–Crippen LogP) is 4.03. The minimum atomic E-state index is -3.77. The minimum absolute atomic E-state index is 0.0525. The summed E-state index contributed by atoms with van der Waals surface area (Å²) in [5.41, 5.74) is -0.0525. The van der Waals surface area contributed by atoms with Crippen LogP contribution in [0.4, 0.5) is 8.78 Å².